The highest BCUT2D eigenvalue weighted by molar-refractivity contribution is 7.15. The maximum Gasteiger partial charge on any atom is 0.182 e. The van der Waals surface area contributed by atoms with Crippen molar-refractivity contribution < 1.29 is 0 Å². The Labute approximate surface area is 103 Å². The van der Waals surface area contributed by atoms with E-state index in [9.17, 15) is 0 Å². The fraction of sp³-hybridized carbons (Fsp3) is 0.750. The summed E-state index contributed by atoms with van der Waals surface area (Å²) >= 11 is 1.77. The molecule has 0 saturated carbocycles. The minimum absolute atomic E-state index is 0.945. The van der Waals surface area contributed by atoms with E-state index in [1.165, 1.54) is 30.8 Å². The first-order chi connectivity index (χ1) is 7.80. The molecule has 0 aliphatic heterocycles. The quantitative estimate of drug-likeness (QED) is 0.757. The van der Waals surface area contributed by atoms with Gasteiger partial charge in [-0.1, -0.05) is 13.8 Å². The molecule has 1 heterocycles. The number of aromatic nitrogens is 1. The van der Waals surface area contributed by atoms with Crippen LogP contribution in [0.3, 0.4) is 0 Å². The molecule has 16 heavy (non-hydrogen) atoms. The van der Waals surface area contributed by atoms with Gasteiger partial charge in [-0.2, -0.15) is 0 Å². The van der Waals surface area contributed by atoms with Gasteiger partial charge in [-0.25, -0.2) is 4.98 Å². The Morgan fingerprint density at radius 3 is 2.50 bits per heavy atom. The van der Waals surface area contributed by atoms with E-state index in [4.69, 9.17) is 0 Å². The second kappa shape index (κ2) is 7.63. The molecule has 4 heteroatoms. The van der Waals surface area contributed by atoms with Crippen LogP contribution in [0.4, 0.5) is 5.13 Å². The highest BCUT2D eigenvalue weighted by Crippen LogP contribution is 2.19. The molecule has 0 bridgehead atoms. The molecule has 1 aromatic rings. The van der Waals surface area contributed by atoms with Crippen LogP contribution >= 0.6 is 11.3 Å². The standard InChI is InChI=1S/C12H23N3S/c1-4-7-15(8-5-2)10-11-9-14-12(16-11)13-6-3/h9H,4-8,10H2,1-3H3,(H,13,14). The highest BCUT2D eigenvalue weighted by Gasteiger charge is 2.06. The summed E-state index contributed by atoms with van der Waals surface area (Å²) in [6, 6.07) is 0. The minimum atomic E-state index is 0.945. The van der Waals surface area contributed by atoms with Gasteiger partial charge in [-0.3, -0.25) is 4.90 Å². The first-order valence-electron chi connectivity index (χ1n) is 6.21. The molecule has 1 N–H and O–H groups in total. The van der Waals surface area contributed by atoms with Gasteiger partial charge in [0.2, 0.25) is 0 Å². The molecule has 0 aliphatic carbocycles. The number of hydrogen-bond donors (Lipinski definition) is 1. The van der Waals surface area contributed by atoms with Crippen LogP contribution < -0.4 is 5.32 Å². The summed E-state index contributed by atoms with van der Waals surface area (Å²) in [5.74, 6) is 0. The van der Waals surface area contributed by atoms with Gasteiger partial charge in [-0.05, 0) is 32.9 Å². The zero-order valence-electron chi connectivity index (χ0n) is 10.6. The summed E-state index contributed by atoms with van der Waals surface area (Å²) < 4.78 is 0. The lowest BCUT2D eigenvalue weighted by Crippen LogP contribution is -2.24. The molecule has 0 aromatic carbocycles. The smallest absolute Gasteiger partial charge is 0.182 e. The number of rotatable bonds is 8. The summed E-state index contributed by atoms with van der Waals surface area (Å²) in [7, 11) is 0. The fourth-order valence-electron chi connectivity index (χ4n) is 1.74. The fourth-order valence-corrected chi connectivity index (χ4v) is 2.66. The summed E-state index contributed by atoms with van der Waals surface area (Å²) in [6.45, 7) is 10.9. The number of nitrogens with zero attached hydrogens (tertiary/aromatic N) is 2. The Hall–Kier alpha value is -0.610. The van der Waals surface area contributed by atoms with Crippen molar-refractivity contribution in [3.63, 3.8) is 0 Å². The maximum absolute atomic E-state index is 4.36. The lowest BCUT2D eigenvalue weighted by atomic mass is 10.3. The van der Waals surface area contributed by atoms with E-state index in [0.717, 1.165) is 18.2 Å². The van der Waals surface area contributed by atoms with Crippen LogP contribution in [0.25, 0.3) is 0 Å². The van der Waals surface area contributed by atoms with Crippen LogP contribution in [-0.2, 0) is 6.54 Å². The molecule has 0 radical (unpaired) electrons. The Bertz CT molecular complexity index is 280. The molecule has 0 aliphatic rings. The van der Waals surface area contributed by atoms with Gasteiger partial charge < -0.3 is 5.32 Å². The lowest BCUT2D eigenvalue weighted by Gasteiger charge is -2.19. The SMILES string of the molecule is CCCN(CCC)Cc1cnc(NCC)s1. The third kappa shape index (κ3) is 4.49. The Morgan fingerprint density at radius 1 is 1.25 bits per heavy atom. The van der Waals surface area contributed by atoms with Crippen molar-refractivity contribution in [1.82, 2.24) is 9.88 Å². The van der Waals surface area contributed by atoms with Gasteiger partial charge in [0.25, 0.3) is 0 Å². The van der Waals surface area contributed by atoms with Gasteiger partial charge in [-0.15, -0.1) is 11.3 Å². The third-order valence-electron chi connectivity index (χ3n) is 2.34. The van der Waals surface area contributed by atoms with Gasteiger partial charge in [0.05, 0.1) is 0 Å². The van der Waals surface area contributed by atoms with Crippen molar-refractivity contribution in [1.29, 1.82) is 0 Å². The van der Waals surface area contributed by atoms with E-state index < -0.39 is 0 Å². The average Bonchev–Trinajstić information content (AvgIpc) is 2.67. The summed E-state index contributed by atoms with van der Waals surface area (Å²) in [4.78, 5) is 8.22. The average molecular weight is 241 g/mol. The zero-order valence-corrected chi connectivity index (χ0v) is 11.4. The van der Waals surface area contributed by atoms with E-state index in [1.54, 1.807) is 11.3 Å². The Morgan fingerprint density at radius 2 is 1.94 bits per heavy atom. The maximum atomic E-state index is 4.36. The van der Waals surface area contributed by atoms with Crippen LogP contribution in [0.1, 0.15) is 38.5 Å². The Balaban J connectivity index is 2.48. The second-order valence-corrected chi connectivity index (χ2v) is 5.05. The predicted molar refractivity (Wildman–Crippen MR) is 72.1 cm³/mol. The van der Waals surface area contributed by atoms with E-state index in [2.05, 4.69) is 36.0 Å². The molecule has 0 saturated heterocycles. The van der Waals surface area contributed by atoms with Gasteiger partial charge in [0.1, 0.15) is 0 Å². The lowest BCUT2D eigenvalue weighted by molar-refractivity contribution is 0.268. The van der Waals surface area contributed by atoms with E-state index >= 15 is 0 Å². The molecule has 1 rings (SSSR count). The minimum Gasteiger partial charge on any atom is -0.362 e. The van der Waals surface area contributed by atoms with Crippen LogP contribution in [0.2, 0.25) is 0 Å². The largest absolute Gasteiger partial charge is 0.362 e. The van der Waals surface area contributed by atoms with Crippen molar-refractivity contribution in [2.75, 3.05) is 25.0 Å². The normalized spacial score (nSPS) is 11.0. The first-order valence-corrected chi connectivity index (χ1v) is 7.02. The monoisotopic (exact) mass is 241 g/mol. The van der Waals surface area contributed by atoms with Crippen molar-refractivity contribution in [3.05, 3.63) is 11.1 Å². The van der Waals surface area contributed by atoms with Gasteiger partial charge >= 0.3 is 0 Å². The zero-order chi connectivity index (χ0) is 11.8. The number of nitrogens with one attached hydrogen (secondary N) is 1. The van der Waals surface area contributed by atoms with E-state index in [0.29, 0.717) is 0 Å². The highest BCUT2D eigenvalue weighted by atomic mass is 32.1. The topological polar surface area (TPSA) is 28.2 Å². The van der Waals surface area contributed by atoms with E-state index in [-0.39, 0.29) is 0 Å². The van der Waals surface area contributed by atoms with Crippen LogP contribution in [0, 0.1) is 0 Å². The molecule has 1 aromatic heterocycles. The molecule has 0 atom stereocenters. The van der Waals surface area contributed by atoms with Crippen LogP contribution in [-0.4, -0.2) is 29.5 Å². The second-order valence-electron chi connectivity index (χ2n) is 3.94. The summed E-state index contributed by atoms with van der Waals surface area (Å²) in [6.07, 6.45) is 4.44. The van der Waals surface area contributed by atoms with Crippen molar-refractivity contribution in [3.8, 4) is 0 Å². The molecule has 0 spiro atoms. The molecule has 92 valence electrons. The van der Waals surface area contributed by atoms with Gasteiger partial charge in [0.15, 0.2) is 5.13 Å². The van der Waals surface area contributed by atoms with Crippen LogP contribution in [0.5, 0.6) is 0 Å². The van der Waals surface area contributed by atoms with Crippen molar-refractivity contribution in [2.24, 2.45) is 0 Å². The number of thiazole rings is 1. The van der Waals surface area contributed by atoms with E-state index in [1.807, 2.05) is 6.20 Å². The summed E-state index contributed by atoms with van der Waals surface area (Å²) in [5.41, 5.74) is 0. The summed E-state index contributed by atoms with van der Waals surface area (Å²) in [5, 5.41) is 4.30. The van der Waals surface area contributed by atoms with Crippen molar-refractivity contribution >= 4 is 16.5 Å². The molecule has 0 amide bonds. The molecule has 3 nitrogen and oxygen atoms in total. The number of hydrogen-bond acceptors (Lipinski definition) is 4. The predicted octanol–water partition coefficient (Wildman–Crippen LogP) is 3.20. The Kier molecular flexibility index (Phi) is 6.42. The van der Waals surface area contributed by atoms with Crippen molar-refractivity contribution in [2.45, 2.75) is 40.2 Å². The third-order valence-corrected chi connectivity index (χ3v) is 3.28. The number of anilines is 1. The van der Waals surface area contributed by atoms with Crippen LogP contribution in [0.15, 0.2) is 6.20 Å². The molecular weight excluding hydrogens is 218 g/mol. The molecular formula is C12H23N3S. The van der Waals surface area contributed by atoms with Gasteiger partial charge in [0, 0.05) is 24.2 Å². The molecule has 0 fully saturated rings. The first kappa shape index (κ1) is 13.5. The molecule has 0 unspecified atom stereocenters.